The van der Waals surface area contributed by atoms with Crippen LogP contribution in [0.15, 0.2) is 86.1 Å². The molecule has 1 atom stereocenters. The zero-order chi connectivity index (χ0) is 27.7. The van der Waals surface area contributed by atoms with E-state index in [9.17, 15) is 14.4 Å². The number of furan rings is 1. The molecule has 8 nitrogen and oxygen atoms in total. The summed E-state index contributed by atoms with van der Waals surface area (Å²) < 4.78 is 17.9. The number of thiazole rings is 1. The van der Waals surface area contributed by atoms with Crippen molar-refractivity contribution >= 4 is 29.4 Å². The summed E-state index contributed by atoms with van der Waals surface area (Å²) in [4.78, 5) is 43.6. The molecule has 0 saturated carbocycles. The molecule has 2 aromatic carbocycles. The van der Waals surface area contributed by atoms with E-state index in [4.69, 9.17) is 13.9 Å². The van der Waals surface area contributed by atoms with Crippen LogP contribution in [0.4, 0.5) is 0 Å². The van der Waals surface area contributed by atoms with Gasteiger partial charge in [0.25, 0.3) is 5.56 Å². The first-order chi connectivity index (χ1) is 18.9. The number of hydrogen-bond acceptors (Lipinski definition) is 8. The Morgan fingerprint density at radius 2 is 1.79 bits per heavy atom. The highest BCUT2D eigenvalue weighted by molar-refractivity contribution is 7.07. The number of aryl methyl sites for hydroxylation is 1. The normalized spacial score (nSPS) is 15.1. The first kappa shape index (κ1) is 26.1. The van der Waals surface area contributed by atoms with Gasteiger partial charge in [-0.05, 0) is 48.7 Å². The van der Waals surface area contributed by atoms with E-state index in [-0.39, 0.29) is 5.56 Å². The molecule has 39 heavy (non-hydrogen) atoms. The maximum absolute atomic E-state index is 13.7. The summed E-state index contributed by atoms with van der Waals surface area (Å²) in [6.45, 7) is 3.80. The van der Waals surface area contributed by atoms with Gasteiger partial charge in [-0.25, -0.2) is 14.6 Å². The predicted molar refractivity (Wildman–Crippen MR) is 147 cm³/mol. The van der Waals surface area contributed by atoms with E-state index >= 15 is 0 Å². The van der Waals surface area contributed by atoms with Crippen molar-refractivity contribution in [1.82, 2.24) is 4.57 Å². The number of esters is 2. The standard InChI is InChI=1S/C30H26N2O6S/c1-5-22-25(29(35)37-4)26(18-9-7-6-8-10-18)32-27(33)24(39-30(32)31-22)16-20-12-14-23(38-20)21-13-11-19(15-17(21)2)28(34)36-3/h6-16,26H,5H2,1-4H3/b24-16-/t26-/m0/s1. The molecule has 198 valence electrons. The monoisotopic (exact) mass is 542 g/mol. The Hall–Kier alpha value is -4.50. The molecule has 4 aromatic rings. The summed E-state index contributed by atoms with van der Waals surface area (Å²) in [6.07, 6.45) is 2.19. The second-order valence-electron chi connectivity index (χ2n) is 8.92. The van der Waals surface area contributed by atoms with Gasteiger partial charge in [0.15, 0.2) is 4.80 Å². The number of benzene rings is 2. The molecule has 0 unspecified atom stereocenters. The van der Waals surface area contributed by atoms with Gasteiger partial charge in [0.2, 0.25) is 0 Å². The fourth-order valence-corrected chi connectivity index (χ4v) is 5.70. The third-order valence-corrected chi connectivity index (χ3v) is 7.56. The third kappa shape index (κ3) is 4.77. The maximum atomic E-state index is 13.7. The molecule has 3 heterocycles. The van der Waals surface area contributed by atoms with Crippen molar-refractivity contribution in [1.29, 1.82) is 0 Å². The summed E-state index contributed by atoms with van der Waals surface area (Å²) in [5.74, 6) is 0.177. The van der Waals surface area contributed by atoms with E-state index in [2.05, 4.69) is 4.99 Å². The molecule has 0 N–H and O–H groups in total. The van der Waals surface area contributed by atoms with Gasteiger partial charge in [0.1, 0.15) is 11.5 Å². The molecule has 0 radical (unpaired) electrons. The zero-order valence-electron chi connectivity index (χ0n) is 21.9. The summed E-state index contributed by atoms with van der Waals surface area (Å²) in [7, 11) is 2.67. The Bertz CT molecular complexity index is 1790. The smallest absolute Gasteiger partial charge is 0.338 e. The Labute approximate surface area is 228 Å². The summed E-state index contributed by atoms with van der Waals surface area (Å²) in [5.41, 5.74) is 3.59. The van der Waals surface area contributed by atoms with Crippen LogP contribution in [0.1, 0.15) is 46.6 Å². The van der Waals surface area contributed by atoms with E-state index in [1.165, 1.54) is 25.6 Å². The lowest BCUT2D eigenvalue weighted by atomic mass is 9.95. The number of carbonyl (C=O) groups excluding carboxylic acids is 2. The van der Waals surface area contributed by atoms with Crippen LogP contribution in [0.2, 0.25) is 0 Å². The van der Waals surface area contributed by atoms with Crippen LogP contribution >= 0.6 is 11.3 Å². The van der Waals surface area contributed by atoms with Crippen molar-refractivity contribution < 1.29 is 23.5 Å². The highest BCUT2D eigenvalue weighted by atomic mass is 32.1. The molecule has 0 amide bonds. The number of allylic oxidation sites excluding steroid dienone is 1. The first-order valence-electron chi connectivity index (χ1n) is 12.3. The Balaban J connectivity index is 1.60. The van der Waals surface area contributed by atoms with Crippen LogP contribution in [0, 0.1) is 6.92 Å². The second kappa shape index (κ2) is 10.7. The van der Waals surface area contributed by atoms with Crippen molar-refractivity contribution in [3.05, 3.63) is 114 Å². The van der Waals surface area contributed by atoms with Gasteiger partial charge in [-0.3, -0.25) is 9.36 Å². The highest BCUT2D eigenvalue weighted by Crippen LogP contribution is 2.32. The van der Waals surface area contributed by atoms with Crippen LogP contribution in [-0.4, -0.2) is 30.7 Å². The van der Waals surface area contributed by atoms with E-state index < -0.39 is 18.0 Å². The topological polar surface area (TPSA) is 100 Å². The minimum Gasteiger partial charge on any atom is -0.466 e. The van der Waals surface area contributed by atoms with Crippen molar-refractivity contribution in [2.24, 2.45) is 4.99 Å². The zero-order valence-corrected chi connectivity index (χ0v) is 22.7. The van der Waals surface area contributed by atoms with E-state index in [1.54, 1.807) is 34.9 Å². The fraction of sp³-hybridized carbons (Fsp3) is 0.200. The van der Waals surface area contributed by atoms with Gasteiger partial charge < -0.3 is 13.9 Å². The van der Waals surface area contributed by atoms with E-state index in [0.717, 1.165) is 16.7 Å². The molecule has 2 aromatic heterocycles. The maximum Gasteiger partial charge on any atom is 0.338 e. The summed E-state index contributed by atoms with van der Waals surface area (Å²) in [6, 6.07) is 17.6. The van der Waals surface area contributed by atoms with E-state index in [1.807, 2.05) is 50.2 Å². The van der Waals surface area contributed by atoms with Gasteiger partial charge in [-0.2, -0.15) is 0 Å². The molecule has 9 heteroatoms. The van der Waals surface area contributed by atoms with Crippen LogP contribution in [-0.2, 0) is 14.3 Å². The number of methoxy groups -OCH3 is 2. The number of nitrogens with zero attached hydrogens (tertiary/aromatic N) is 2. The molecule has 5 rings (SSSR count). The summed E-state index contributed by atoms with van der Waals surface area (Å²) in [5, 5.41) is 0. The quantitative estimate of drug-likeness (QED) is 0.340. The molecule has 0 fully saturated rings. The van der Waals surface area contributed by atoms with Crippen molar-refractivity contribution in [3.8, 4) is 11.3 Å². The molecular formula is C30H26N2O6S. The van der Waals surface area contributed by atoms with Gasteiger partial charge in [-0.15, -0.1) is 0 Å². The molecule has 0 saturated heterocycles. The number of aromatic nitrogens is 1. The number of ether oxygens (including phenoxy) is 2. The highest BCUT2D eigenvalue weighted by Gasteiger charge is 2.33. The number of hydrogen-bond donors (Lipinski definition) is 0. The first-order valence-corrected chi connectivity index (χ1v) is 13.1. The van der Waals surface area contributed by atoms with Crippen LogP contribution in [0.3, 0.4) is 0 Å². The van der Waals surface area contributed by atoms with Gasteiger partial charge in [0.05, 0.1) is 41.6 Å². The van der Waals surface area contributed by atoms with Gasteiger partial charge in [-0.1, -0.05) is 54.7 Å². The van der Waals surface area contributed by atoms with Gasteiger partial charge >= 0.3 is 11.9 Å². The minimum absolute atomic E-state index is 0.277. The Kier molecular flexibility index (Phi) is 7.17. The van der Waals surface area contributed by atoms with Crippen LogP contribution < -0.4 is 14.9 Å². The molecule has 1 aliphatic rings. The number of fused-ring (bicyclic) bond motifs is 1. The molecule has 0 aliphatic carbocycles. The average Bonchev–Trinajstić information content (AvgIpc) is 3.55. The lowest BCUT2D eigenvalue weighted by Crippen LogP contribution is -2.40. The molecular weight excluding hydrogens is 516 g/mol. The average molecular weight is 543 g/mol. The Morgan fingerprint density at radius 3 is 2.46 bits per heavy atom. The predicted octanol–water partition coefficient (Wildman–Crippen LogP) is 4.15. The number of carbonyl (C=O) groups is 2. The van der Waals surface area contributed by atoms with Crippen molar-refractivity contribution in [2.45, 2.75) is 26.3 Å². The van der Waals surface area contributed by atoms with Crippen LogP contribution in [0.5, 0.6) is 0 Å². The largest absolute Gasteiger partial charge is 0.466 e. The summed E-state index contributed by atoms with van der Waals surface area (Å²) >= 11 is 1.24. The second-order valence-corrected chi connectivity index (χ2v) is 9.93. The fourth-order valence-electron chi connectivity index (χ4n) is 4.70. The lowest BCUT2D eigenvalue weighted by molar-refractivity contribution is -0.136. The SMILES string of the molecule is CCC1=C(C(=O)OC)[C@H](c2ccccc2)n2c(s/c(=C\c3ccc(-c4ccc(C(=O)OC)cc4C)o3)c2=O)=N1. The van der Waals surface area contributed by atoms with Crippen molar-refractivity contribution in [2.75, 3.05) is 14.2 Å². The Morgan fingerprint density at radius 1 is 1.05 bits per heavy atom. The molecule has 1 aliphatic heterocycles. The van der Waals surface area contributed by atoms with Gasteiger partial charge in [0, 0.05) is 11.6 Å². The van der Waals surface area contributed by atoms with E-state index in [0.29, 0.717) is 44.1 Å². The van der Waals surface area contributed by atoms with Crippen molar-refractivity contribution in [3.63, 3.8) is 0 Å². The third-order valence-electron chi connectivity index (χ3n) is 6.58. The lowest BCUT2D eigenvalue weighted by Gasteiger charge is -2.25. The minimum atomic E-state index is -0.657. The number of rotatable bonds is 6. The molecule has 0 bridgehead atoms. The van der Waals surface area contributed by atoms with Crippen LogP contribution in [0.25, 0.3) is 17.4 Å². The molecule has 0 spiro atoms.